The Kier molecular flexibility index (Phi) is 5.76. The van der Waals surface area contributed by atoms with E-state index >= 15 is 0 Å². The quantitative estimate of drug-likeness (QED) is 0.551. The summed E-state index contributed by atoms with van der Waals surface area (Å²) in [6.45, 7) is 6.55. The molecule has 3 aromatic rings. The molecule has 0 amide bonds. The maximum absolute atomic E-state index is 6.43. The van der Waals surface area contributed by atoms with Gasteiger partial charge in [0.15, 0.2) is 0 Å². The first-order chi connectivity index (χ1) is 15.0. The van der Waals surface area contributed by atoms with Gasteiger partial charge in [0.2, 0.25) is 0 Å². The van der Waals surface area contributed by atoms with E-state index in [4.69, 9.17) is 27.9 Å². The standard InChI is InChI=1S/C24H28Cl2N4O/c1-15(20-6-5-18(25)8-22(20)26)31-24-10-19(9-23-21(24)12-28-29(23)2)30-13-17(14-30)16-4-3-7-27-11-16/h5-6,8-10,12,15-17,27H,3-4,7,11,13-14H2,1-2H3/t15?,16-/m0/s1. The first kappa shape index (κ1) is 20.9. The number of benzene rings is 2. The highest BCUT2D eigenvalue weighted by atomic mass is 35.5. The summed E-state index contributed by atoms with van der Waals surface area (Å²) >= 11 is 12.5. The molecule has 164 valence electrons. The fraction of sp³-hybridized carbons (Fsp3) is 0.458. The van der Waals surface area contributed by atoms with Gasteiger partial charge in [0.05, 0.1) is 17.1 Å². The number of nitrogens with one attached hydrogen (secondary N) is 1. The summed E-state index contributed by atoms with van der Waals surface area (Å²) in [4.78, 5) is 2.46. The van der Waals surface area contributed by atoms with Crippen molar-refractivity contribution in [3.8, 4) is 5.75 Å². The topological polar surface area (TPSA) is 42.3 Å². The van der Waals surface area contributed by atoms with Gasteiger partial charge in [-0.3, -0.25) is 4.68 Å². The predicted octanol–water partition coefficient (Wildman–Crippen LogP) is 5.46. The molecule has 1 N–H and O–H groups in total. The lowest BCUT2D eigenvalue weighted by Gasteiger charge is -2.46. The molecule has 5 rings (SSSR count). The second kappa shape index (κ2) is 8.53. The third kappa shape index (κ3) is 4.11. The zero-order valence-electron chi connectivity index (χ0n) is 17.9. The van der Waals surface area contributed by atoms with Crippen molar-refractivity contribution in [2.45, 2.75) is 25.9 Å². The normalized spacial score (nSPS) is 20.6. The Morgan fingerprint density at radius 1 is 1.16 bits per heavy atom. The lowest BCUT2D eigenvalue weighted by atomic mass is 9.81. The molecule has 0 bridgehead atoms. The molecule has 5 nitrogen and oxygen atoms in total. The second-order valence-electron chi connectivity index (χ2n) is 8.84. The Labute approximate surface area is 193 Å². The van der Waals surface area contributed by atoms with Crippen LogP contribution in [-0.4, -0.2) is 36.0 Å². The molecule has 2 aliphatic heterocycles. The molecular weight excluding hydrogens is 431 g/mol. The maximum Gasteiger partial charge on any atom is 0.133 e. The fourth-order valence-corrected chi connectivity index (χ4v) is 5.43. The van der Waals surface area contributed by atoms with E-state index in [1.165, 1.54) is 25.1 Å². The van der Waals surface area contributed by atoms with E-state index < -0.39 is 0 Å². The van der Waals surface area contributed by atoms with Crippen molar-refractivity contribution in [3.63, 3.8) is 0 Å². The fourth-order valence-electron chi connectivity index (χ4n) is 4.87. The number of hydrogen-bond donors (Lipinski definition) is 1. The molecule has 31 heavy (non-hydrogen) atoms. The molecule has 2 aromatic carbocycles. The number of ether oxygens (including phenoxy) is 1. The molecule has 1 unspecified atom stereocenters. The van der Waals surface area contributed by atoms with Gasteiger partial charge >= 0.3 is 0 Å². The van der Waals surface area contributed by atoms with Crippen LogP contribution < -0.4 is 15.0 Å². The first-order valence-corrected chi connectivity index (χ1v) is 11.8. The van der Waals surface area contributed by atoms with Crippen LogP contribution in [0.25, 0.3) is 10.9 Å². The molecule has 7 heteroatoms. The Morgan fingerprint density at radius 2 is 2.00 bits per heavy atom. The highest BCUT2D eigenvalue weighted by Crippen LogP contribution is 2.39. The van der Waals surface area contributed by atoms with Crippen molar-refractivity contribution >= 4 is 39.8 Å². The molecule has 0 radical (unpaired) electrons. The Hall–Kier alpha value is -1.95. The third-order valence-corrected chi connectivity index (χ3v) is 7.36. The highest BCUT2D eigenvalue weighted by molar-refractivity contribution is 6.35. The van der Waals surface area contributed by atoms with Gasteiger partial charge in [-0.15, -0.1) is 0 Å². The van der Waals surface area contributed by atoms with E-state index in [9.17, 15) is 0 Å². The van der Waals surface area contributed by atoms with Crippen molar-refractivity contribution < 1.29 is 4.74 Å². The monoisotopic (exact) mass is 458 g/mol. The summed E-state index contributed by atoms with van der Waals surface area (Å²) in [7, 11) is 1.97. The molecule has 2 aliphatic rings. The number of aryl methyl sites for hydroxylation is 1. The number of aromatic nitrogens is 2. The van der Waals surface area contributed by atoms with E-state index in [-0.39, 0.29) is 6.10 Å². The molecule has 2 saturated heterocycles. The van der Waals surface area contributed by atoms with Gasteiger partial charge in [-0.2, -0.15) is 5.10 Å². The summed E-state index contributed by atoms with van der Waals surface area (Å²) in [5, 5.41) is 10.3. The van der Waals surface area contributed by atoms with Crippen molar-refractivity contribution in [3.05, 3.63) is 52.1 Å². The van der Waals surface area contributed by atoms with Crippen LogP contribution in [0.3, 0.4) is 0 Å². The zero-order valence-corrected chi connectivity index (χ0v) is 19.5. The summed E-state index contributed by atoms with van der Waals surface area (Å²) < 4.78 is 8.34. The van der Waals surface area contributed by atoms with Gasteiger partial charge < -0.3 is 15.0 Å². The van der Waals surface area contributed by atoms with Crippen LogP contribution in [0, 0.1) is 11.8 Å². The number of fused-ring (bicyclic) bond motifs is 1. The predicted molar refractivity (Wildman–Crippen MR) is 128 cm³/mol. The maximum atomic E-state index is 6.43. The Bertz CT molecular complexity index is 1090. The Balaban J connectivity index is 1.39. The number of rotatable bonds is 5. The van der Waals surface area contributed by atoms with Gasteiger partial charge in [0.25, 0.3) is 0 Å². The van der Waals surface area contributed by atoms with E-state index in [2.05, 4.69) is 27.4 Å². The van der Waals surface area contributed by atoms with Crippen LogP contribution >= 0.6 is 23.2 Å². The number of hydrogen-bond acceptors (Lipinski definition) is 4. The van der Waals surface area contributed by atoms with Crippen molar-refractivity contribution in [1.82, 2.24) is 15.1 Å². The number of anilines is 1. The van der Waals surface area contributed by atoms with Gasteiger partial charge in [0.1, 0.15) is 11.9 Å². The molecule has 0 aliphatic carbocycles. The van der Waals surface area contributed by atoms with E-state index in [1.807, 2.05) is 37.0 Å². The molecule has 0 spiro atoms. The molecule has 1 aromatic heterocycles. The minimum absolute atomic E-state index is 0.208. The molecule has 2 atom stereocenters. The van der Waals surface area contributed by atoms with Crippen molar-refractivity contribution in [1.29, 1.82) is 0 Å². The first-order valence-electron chi connectivity index (χ1n) is 11.0. The minimum Gasteiger partial charge on any atom is -0.485 e. The van der Waals surface area contributed by atoms with Gasteiger partial charge in [0, 0.05) is 47.5 Å². The largest absolute Gasteiger partial charge is 0.485 e. The van der Waals surface area contributed by atoms with Crippen LogP contribution in [0.2, 0.25) is 10.0 Å². The second-order valence-corrected chi connectivity index (χ2v) is 9.69. The summed E-state index contributed by atoms with van der Waals surface area (Å²) in [5.74, 6) is 2.40. The lowest BCUT2D eigenvalue weighted by molar-refractivity contribution is 0.222. The highest BCUT2D eigenvalue weighted by Gasteiger charge is 2.34. The number of piperidine rings is 1. The smallest absolute Gasteiger partial charge is 0.133 e. The summed E-state index contributed by atoms with van der Waals surface area (Å²) in [6, 6.07) is 9.91. The average molecular weight is 459 g/mol. The van der Waals surface area contributed by atoms with Crippen molar-refractivity contribution in [2.24, 2.45) is 18.9 Å². The van der Waals surface area contributed by atoms with Crippen molar-refractivity contribution in [2.75, 3.05) is 31.1 Å². The average Bonchev–Trinajstić information content (AvgIpc) is 3.09. The summed E-state index contributed by atoms with van der Waals surface area (Å²) in [6.07, 6.45) is 4.31. The van der Waals surface area contributed by atoms with E-state index in [1.54, 1.807) is 6.07 Å². The third-order valence-electron chi connectivity index (χ3n) is 6.79. The molecule has 0 saturated carbocycles. The van der Waals surface area contributed by atoms with Gasteiger partial charge in [-0.05, 0) is 62.9 Å². The van der Waals surface area contributed by atoms with Crippen LogP contribution in [-0.2, 0) is 7.05 Å². The molecular formula is C24H28Cl2N4O. The van der Waals surface area contributed by atoms with Gasteiger partial charge in [-0.1, -0.05) is 29.3 Å². The molecule has 3 heterocycles. The lowest BCUT2D eigenvalue weighted by Crippen LogP contribution is -2.53. The Morgan fingerprint density at radius 3 is 2.74 bits per heavy atom. The minimum atomic E-state index is -0.208. The van der Waals surface area contributed by atoms with Crippen LogP contribution in [0.1, 0.15) is 31.4 Å². The number of nitrogens with zero attached hydrogens (tertiary/aromatic N) is 3. The SMILES string of the molecule is CC(Oc1cc(N2CC([C@H]3CCCNC3)C2)cc2c1cnn2C)c1ccc(Cl)cc1Cl. The van der Waals surface area contributed by atoms with Gasteiger partial charge in [-0.25, -0.2) is 0 Å². The van der Waals surface area contributed by atoms with Crippen LogP contribution in [0.15, 0.2) is 36.5 Å². The zero-order chi connectivity index (χ0) is 21.5. The number of halogens is 2. The molecule has 2 fully saturated rings. The van der Waals surface area contributed by atoms with Crippen LogP contribution in [0.4, 0.5) is 5.69 Å². The van der Waals surface area contributed by atoms with E-state index in [0.717, 1.165) is 53.7 Å². The summed E-state index contributed by atoms with van der Waals surface area (Å²) in [5.41, 5.74) is 3.19. The van der Waals surface area contributed by atoms with Crippen LogP contribution in [0.5, 0.6) is 5.75 Å². The van der Waals surface area contributed by atoms with E-state index in [0.29, 0.717) is 10.0 Å².